The molecule has 7 nitrogen and oxygen atoms in total. The predicted octanol–water partition coefficient (Wildman–Crippen LogP) is 4.39. The van der Waals surface area contributed by atoms with Gasteiger partial charge >= 0.3 is 0 Å². The Hall–Kier alpha value is -3.36. The maximum Gasteiger partial charge on any atom is 0.262 e. The first kappa shape index (κ1) is 24.3. The highest BCUT2D eigenvalue weighted by molar-refractivity contribution is 7.92. The molecule has 0 saturated carbocycles. The maximum atomic E-state index is 12.7. The molecule has 3 rings (SSSR count). The monoisotopic (exact) mass is 468 g/mol. The molecule has 174 valence electrons. The van der Waals surface area contributed by atoms with Crippen LogP contribution in [-0.4, -0.2) is 34.6 Å². The van der Waals surface area contributed by atoms with Crippen LogP contribution >= 0.6 is 0 Å². The molecule has 0 heterocycles. The molecule has 1 unspecified atom stereocenters. The minimum atomic E-state index is -3.82. The number of sulfonamides is 1. The largest absolute Gasteiger partial charge is 0.495 e. The van der Waals surface area contributed by atoms with Crippen LogP contribution in [0.15, 0.2) is 83.8 Å². The molecule has 33 heavy (non-hydrogen) atoms. The molecule has 2 N–H and O–H groups in total. The molecule has 0 spiro atoms. The first-order chi connectivity index (χ1) is 15.9. The number of amides is 1. The summed E-state index contributed by atoms with van der Waals surface area (Å²) in [5.74, 6) is 0.145. The number of hydrogen-bond acceptors (Lipinski definition) is 5. The van der Waals surface area contributed by atoms with Crippen molar-refractivity contribution in [3.8, 4) is 5.75 Å². The van der Waals surface area contributed by atoms with Crippen molar-refractivity contribution in [3.05, 3.63) is 90.0 Å². The van der Waals surface area contributed by atoms with Crippen molar-refractivity contribution in [2.24, 2.45) is 0 Å². The Balaban J connectivity index is 1.48. The summed E-state index contributed by atoms with van der Waals surface area (Å²) in [4.78, 5) is 12.4. The zero-order chi connectivity index (χ0) is 23.7. The summed E-state index contributed by atoms with van der Waals surface area (Å²) in [5, 5.41) is 2.83. The van der Waals surface area contributed by atoms with Crippen LogP contribution in [0.2, 0.25) is 0 Å². The molecule has 0 aromatic heterocycles. The summed E-state index contributed by atoms with van der Waals surface area (Å²) in [6.45, 7) is 2.96. The van der Waals surface area contributed by atoms with Crippen molar-refractivity contribution in [1.82, 2.24) is 5.32 Å². The van der Waals surface area contributed by atoms with E-state index in [9.17, 15) is 13.2 Å². The average molecular weight is 469 g/mol. The molecule has 0 saturated heterocycles. The number of carbonyl (C=O) groups excluding carboxylic acids is 1. The standard InChI is InChI=1S/C25H28N2O5S/c1-19(20-9-4-3-5-10-20)32-18-8-17-26-25(28)21-13-15-22(16-14-21)33(29,30)27-23-11-6-7-12-24(23)31-2/h3-7,9-16,19,27H,8,17-18H2,1-2H3,(H,26,28). The van der Waals surface area contributed by atoms with E-state index in [0.717, 1.165) is 5.56 Å². The minimum Gasteiger partial charge on any atom is -0.495 e. The molecule has 1 amide bonds. The van der Waals surface area contributed by atoms with Gasteiger partial charge in [0.2, 0.25) is 0 Å². The Morgan fingerprint density at radius 1 is 0.939 bits per heavy atom. The lowest BCUT2D eigenvalue weighted by atomic mass is 10.1. The molecule has 0 aliphatic rings. The van der Waals surface area contributed by atoms with E-state index in [0.29, 0.717) is 36.6 Å². The van der Waals surface area contributed by atoms with Gasteiger partial charge in [0.05, 0.1) is 23.8 Å². The molecular formula is C25H28N2O5S. The van der Waals surface area contributed by atoms with Gasteiger partial charge in [-0.05, 0) is 55.3 Å². The second-order valence-corrected chi connectivity index (χ2v) is 9.05. The summed E-state index contributed by atoms with van der Waals surface area (Å²) in [7, 11) is -2.35. The fourth-order valence-electron chi connectivity index (χ4n) is 3.17. The summed E-state index contributed by atoms with van der Waals surface area (Å²) >= 11 is 0. The predicted molar refractivity (Wildman–Crippen MR) is 128 cm³/mol. The van der Waals surface area contributed by atoms with E-state index in [1.807, 2.05) is 37.3 Å². The van der Waals surface area contributed by atoms with Crippen LogP contribution in [0.4, 0.5) is 5.69 Å². The normalized spacial score (nSPS) is 12.1. The maximum absolute atomic E-state index is 12.7. The number of rotatable bonds is 11. The lowest BCUT2D eigenvalue weighted by Crippen LogP contribution is -2.25. The van der Waals surface area contributed by atoms with Crippen molar-refractivity contribution in [1.29, 1.82) is 0 Å². The number of hydrogen-bond donors (Lipinski definition) is 2. The lowest BCUT2D eigenvalue weighted by Gasteiger charge is -2.13. The molecule has 0 aliphatic heterocycles. The summed E-state index contributed by atoms with van der Waals surface area (Å²) < 4.78 is 38.8. The van der Waals surface area contributed by atoms with E-state index in [1.54, 1.807) is 24.3 Å². The van der Waals surface area contributed by atoms with E-state index >= 15 is 0 Å². The van der Waals surface area contributed by atoms with Crippen molar-refractivity contribution < 1.29 is 22.7 Å². The number of nitrogens with one attached hydrogen (secondary N) is 2. The first-order valence-corrected chi connectivity index (χ1v) is 12.1. The molecule has 1 atom stereocenters. The number of ether oxygens (including phenoxy) is 2. The van der Waals surface area contributed by atoms with Crippen LogP contribution in [0.25, 0.3) is 0 Å². The highest BCUT2D eigenvalue weighted by Gasteiger charge is 2.17. The van der Waals surface area contributed by atoms with E-state index < -0.39 is 10.0 Å². The third-order valence-corrected chi connectivity index (χ3v) is 6.40. The molecule has 0 aliphatic carbocycles. The number of methoxy groups -OCH3 is 1. The minimum absolute atomic E-state index is 0.0131. The molecule has 8 heteroatoms. The Labute approximate surface area is 194 Å². The number of carbonyl (C=O) groups is 1. The summed E-state index contributed by atoms with van der Waals surface area (Å²) in [5.41, 5.74) is 1.83. The van der Waals surface area contributed by atoms with Crippen molar-refractivity contribution in [2.75, 3.05) is 25.0 Å². The zero-order valence-electron chi connectivity index (χ0n) is 18.7. The van der Waals surface area contributed by atoms with Crippen LogP contribution in [-0.2, 0) is 14.8 Å². The van der Waals surface area contributed by atoms with E-state index in [-0.39, 0.29) is 16.9 Å². The molecule has 0 bridgehead atoms. The third kappa shape index (κ3) is 6.81. The van der Waals surface area contributed by atoms with E-state index in [2.05, 4.69) is 10.0 Å². The van der Waals surface area contributed by atoms with E-state index in [4.69, 9.17) is 9.47 Å². The Morgan fingerprint density at radius 3 is 2.30 bits per heavy atom. The van der Waals surface area contributed by atoms with Gasteiger partial charge in [0.15, 0.2) is 0 Å². The highest BCUT2D eigenvalue weighted by Crippen LogP contribution is 2.26. The topological polar surface area (TPSA) is 93.7 Å². The van der Waals surface area contributed by atoms with Crippen molar-refractivity contribution >= 4 is 21.6 Å². The summed E-state index contributed by atoms with van der Waals surface area (Å²) in [6.07, 6.45) is 0.652. The van der Waals surface area contributed by atoms with E-state index in [1.165, 1.54) is 31.4 Å². The molecular weight excluding hydrogens is 440 g/mol. The van der Waals surface area contributed by atoms with Gasteiger partial charge in [-0.1, -0.05) is 42.5 Å². The van der Waals surface area contributed by atoms with Crippen molar-refractivity contribution in [2.45, 2.75) is 24.3 Å². The van der Waals surface area contributed by atoms with Gasteiger partial charge in [-0.2, -0.15) is 0 Å². The molecule has 3 aromatic rings. The van der Waals surface area contributed by atoms with Crippen LogP contribution in [0.1, 0.15) is 35.4 Å². The Kier molecular flexibility index (Phi) is 8.46. The third-order valence-electron chi connectivity index (χ3n) is 5.02. The van der Waals surface area contributed by atoms with Crippen LogP contribution < -0.4 is 14.8 Å². The van der Waals surface area contributed by atoms with Gasteiger partial charge < -0.3 is 14.8 Å². The summed E-state index contributed by atoms with van der Waals surface area (Å²) in [6, 6.07) is 22.5. The van der Waals surface area contributed by atoms with Gasteiger partial charge in [0.25, 0.3) is 15.9 Å². The molecule has 0 radical (unpaired) electrons. The average Bonchev–Trinajstić information content (AvgIpc) is 2.84. The van der Waals surface area contributed by atoms with Gasteiger partial charge in [-0.15, -0.1) is 0 Å². The van der Waals surface area contributed by atoms with Gasteiger partial charge in [-0.3, -0.25) is 9.52 Å². The second kappa shape index (κ2) is 11.5. The van der Waals surface area contributed by atoms with Crippen LogP contribution in [0, 0.1) is 0 Å². The van der Waals surface area contributed by atoms with Gasteiger partial charge in [0.1, 0.15) is 5.75 Å². The highest BCUT2D eigenvalue weighted by atomic mass is 32.2. The number of para-hydroxylation sites is 2. The number of benzene rings is 3. The van der Waals surface area contributed by atoms with Gasteiger partial charge in [-0.25, -0.2) is 8.42 Å². The smallest absolute Gasteiger partial charge is 0.262 e. The quantitative estimate of drug-likeness (QED) is 0.407. The van der Waals surface area contributed by atoms with Crippen LogP contribution in [0.3, 0.4) is 0 Å². The SMILES string of the molecule is COc1ccccc1NS(=O)(=O)c1ccc(C(=O)NCCCOC(C)c2ccccc2)cc1. The van der Waals surface area contributed by atoms with Gasteiger partial charge in [0, 0.05) is 18.7 Å². The molecule has 3 aromatic carbocycles. The van der Waals surface area contributed by atoms with Crippen LogP contribution in [0.5, 0.6) is 5.75 Å². The zero-order valence-corrected chi connectivity index (χ0v) is 19.5. The second-order valence-electron chi connectivity index (χ2n) is 7.36. The fourth-order valence-corrected chi connectivity index (χ4v) is 4.25. The first-order valence-electron chi connectivity index (χ1n) is 10.6. The Bertz CT molecular complexity index is 1150. The lowest BCUT2D eigenvalue weighted by molar-refractivity contribution is 0.0635. The number of anilines is 1. The van der Waals surface area contributed by atoms with Crippen molar-refractivity contribution in [3.63, 3.8) is 0 Å². The fraction of sp³-hybridized carbons (Fsp3) is 0.240. The Morgan fingerprint density at radius 2 is 1.61 bits per heavy atom. The molecule has 0 fully saturated rings.